The summed E-state index contributed by atoms with van der Waals surface area (Å²) in [6, 6.07) is 61.4. The number of para-hydroxylation sites is 2. The number of hydrogen-bond donors (Lipinski definition) is 1. The highest BCUT2D eigenvalue weighted by Crippen LogP contribution is 2.38. The number of nitrogens with one attached hydrogen (secondary N) is 1. The predicted molar refractivity (Wildman–Crippen MR) is 247 cm³/mol. The van der Waals surface area contributed by atoms with E-state index in [-0.39, 0.29) is 6.04 Å². The zero-order chi connectivity index (χ0) is 41.1. The van der Waals surface area contributed by atoms with Gasteiger partial charge >= 0.3 is 0 Å². The van der Waals surface area contributed by atoms with Crippen molar-refractivity contribution >= 4 is 43.6 Å². The summed E-state index contributed by atoms with van der Waals surface area (Å²) in [7, 11) is 1.70. The minimum Gasteiger partial charge on any atom is -0.508 e. The van der Waals surface area contributed by atoms with Crippen LogP contribution in [0.25, 0.3) is 99.4 Å². The van der Waals surface area contributed by atoms with Crippen LogP contribution < -0.4 is 5.11 Å². The highest BCUT2D eigenvalue weighted by Gasteiger charge is 2.18. The molecule has 6 heteroatoms. The number of fused-ring (bicyclic) bond motifs is 6. The molecule has 0 aliphatic carbocycles. The highest BCUT2D eigenvalue weighted by atomic mass is 15.2. The molecule has 10 rings (SSSR count). The second-order valence-corrected chi connectivity index (χ2v) is 16.1. The quantitative estimate of drug-likeness (QED) is 0.112. The van der Waals surface area contributed by atoms with E-state index in [1.165, 1.54) is 48.4 Å². The molecule has 0 saturated carbocycles. The van der Waals surface area contributed by atoms with Gasteiger partial charge in [0.1, 0.15) is 7.05 Å². The fourth-order valence-electron chi connectivity index (χ4n) is 9.10. The zero-order valence-corrected chi connectivity index (χ0v) is 34.2. The summed E-state index contributed by atoms with van der Waals surface area (Å²) >= 11 is 0. The first-order valence-corrected chi connectivity index (χ1v) is 20.5. The molecule has 0 saturated heterocycles. The molecular weight excluding hydrogens is 733 g/mol. The van der Waals surface area contributed by atoms with Crippen molar-refractivity contribution in [2.24, 2.45) is 0 Å². The molecule has 0 radical (unpaired) electrons. The van der Waals surface area contributed by atoms with E-state index < -0.39 is 0 Å². The third-order valence-corrected chi connectivity index (χ3v) is 12.5. The van der Waals surface area contributed by atoms with E-state index in [2.05, 4.69) is 198 Å². The third-order valence-electron chi connectivity index (χ3n) is 12.5. The molecule has 0 aliphatic heterocycles. The maximum Gasteiger partial charge on any atom is 0.163 e. The summed E-state index contributed by atoms with van der Waals surface area (Å²) in [6.45, 7) is 6.63. The van der Waals surface area contributed by atoms with Crippen molar-refractivity contribution in [3.8, 4) is 44.8 Å². The van der Waals surface area contributed by atoms with Gasteiger partial charge < -0.3 is 30.0 Å². The van der Waals surface area contributed by atoms with Gasteiger partial charge in [0, 0.05) is 51.0 Å². The van der Waals surface area contributed by atoms with Gasteiger partial charge in [0.05, 0.1) is 22.1 Å². The average molecular weight is 777 g/mol. The molecule has 1 unspecified atom stereocenters. The van der Waals surface area contributed by atoms with Crippen LogP contribution in [0.1, 0.15) is 35.2 Å². The molecule has 0 bridgehead atoms. The molecular formula is C54H44N6. The molecule has 1 N–H and O–H groups in total. The second kappa shape index (κ2) is 14.7. The van der Waals surface area contributed by atoms with Crippen LogP contribution in [0, 0.1) is 13.8 Å². The average Bonchev–Trinajstić information content (AvgIpc) is 3.79. The van der Waals surface area contributed by atoms with E-state index in [0.29, 0.717) is 6.54 Å². The zero-order valence-electron chi connectivity index (χ0n) is 34.2. The van der Waals surface area contributed by atoms with Crippen LogP contribution in [0.5, 0.6) is 0 Å². The molecule has 0 aliphatic rings. The lowest BCUT2D eigenvalue weighted by molar-refractivity contribution is -0.561. The molecule has 1 atom stereocenters. The van der Waals surface area contributed by atoms with Gasteiger partial charge in [-0.1, -0.05) is 103 Å². The normalized spacial score (nSPS) is 12.1. The summed E-state index contributed by atoms with van der Waals surface area (Å²) in [6.07, 6.45) is 0. The Hall–Kier alpha value is -7.44. The second-order valence-electron chi connectivity index (χ2n) is 16.1. The van der Waals surface area contributed by atoms with Crippen molar-refractivity contribution in [1.29, 1.82) is 0 Å². The molecule has 0 spiro atoms. The summed E-state index contributed by atoms with van der Waals surface area (Å²) in [5.74, 6) is 0. The van der Waals surface area contributed by atoms with Crippen molar-refractivity contribution < 1.29 is 9.81 Å². The Labute approximate surface area is 349 Å². The first-order chi connectivity index (χ1) is 29.3. The summed E-state index contributed by atoms with van der Waals surface area (Å²) < 4.78 is 6.00. The van der Waals surface area contributed by atoms with Crippen LogP contribution in [-0.4, -0.2) is 20.9 Å². The van der Waals surface area contributed by atoms with E-state index in [9.17, 15) is 11.1 Å². The maximum absolute atomic E-state index is 10.2. The van der Waals surface area contributed by atoms with E-state index in [0.717, 1.165) is 67.0 Å². The first-order valence-electron chi connectivity index (χ1n) is 20.5. The number of hydrogen-bond acceptors (Lipinski definition) is 0. The summed E-state index contributed by atoms with van der Waals surface area (Å²) in [5.41, 5.74) is 37.8. The van der Waals surface area contributed by atoms with Crippen LogP contribution in [-0.2, 0) is 6.54 Å². The molecule has 8 aromatic carbocycles. The molecule has 60 heavy (non-hydrogen) atoms. The SMILES string of the molecule is Cc1cc(-c2ccc3c(c2)c2ccccc2n3-c2ccc(-c3ccc(-n4c5ccccc5c5cc(-c6ccc(C)c(C(C)[N+](C)=[N-])c6)ccc54)cc3)cc2)ccc1C[NH+]=[N-]. The van der Waals surface area contributed by atoms with Gasteiger partial charge in [-0.2, -0.15) is 0 Å². The van der Waals surface area contributed by atoms with Gasteiger partial charge in [0.25, 0.3) is 0 Å². The molecule has 2 aromatic heterocycles. The van der Waals surface area contributed by atoms with E-state index in [1.807, 2.05) is 6.92 Å². The van der Waals surface area contributed by atoms with Gasteiger partial charge in [0.2, 0.25) is 0 Å². The van der Waals surface area contributed by atoms with Gasteiger partial charge in [-0.3, -0.25) is 0 Å². The smallest absolute Gasteiger partial charge is 0.163 e. The Morgan fingerprint density at radius 2 is 0.917 bits per heavy atom. The van der Waals surface area contributed by atoms with Gasteiger partial charge in [-0.05, 0) is 125 Å². The molecule has 0 amide bonds. The molecule has 6 nitrogen and oxygen atoms in total. The van der Waals surface area contributed by atoms with Crippen molar-refractivity contribution in [1.82, 2.24) is 9.13 Å². The molecule has 2 heterocycles. The Kier molecular flexibility index (Phi) is 9.06. The Bertz CT molecular complexity index is 3310. The lowest BCUT2D eigenvalue weighted by Crippen LogP contribution is -2.60. The van der Waals surface area contributed by atoms with Gasteiger partial charge in [0.15, 0.2) is 12.6 Å². The lowest BCUT2D eigenvalue weighted by atomic mass is 9.95. The lowest BCUT2D eigenvalue weighted by Gasteiger charge is -2.15. The van der Waals surface area contributed by atoms with Crippen molar-refractivity contribution in [2.45, 2.75) is 33.4 Å². The van der Waals surface area contributed by atoms with E-state index in [4.69, 9.17) is 0 Å². The Balaban J connectivity index is 0.976. The van der Waals surface area contributed by atoms with Crippen LogP contribution >= 0.6 is 0 Å². The number of benzene rings is 8. The number of aromatic nitrogens is 2. The van der Waals surface area contributed by atoms with Gasteiger partial charge in [-0.15, -0.1) is 0 Å². The van der Waals surface area contributed by atoms with Gasteiger partial charge in [-0.25, -0.2) is 0 Å². The van der Waals surface area contributed by atoms with E-state index >= 15 is 0 Å². The van der Waals surface area contributed by atoms with E-state index in [1.54, 1.807) is 7.05 Å². The summed E-state index contributed by atoms with van der Waals surface area (Å²) in [4.78, 5) is 0. The minimum atomic E-state index is -0.108. The van der Waals surface area contributed by atoms with Crippen LogP contribution in [0.15, 0.2) is 170 Å². The Morgan fingerprint density at radius 3 is 1.42 bits per heavy atom. The minimum absolute atomic E-state index is 0.108. The van der Waals surface area contributed by atoms with Crippen LogP contribution in [0.3, 0.4) is 0 Å². The fraction of sp³-hybridized carbons (Fsp3) is 0.111. The standard InChI is InChI=1S/C54H44N6/c1-34-13-14-40(30-48(34)36(3)58(4)56)42-22-28-54-50(32-42)47-10-6-8-12-52(47)60(54)45-25-19-38(20-26-45)37-17-23-44(24-18-37)59-51-11-7-5-9-46(51)49-31-41(21-27-53(49)59)39-15-16-43(33-57-55)35(2)29-39/h5-32,36,57H,33H2,1-4H3. The molecule has 0 fully saturated rings. The Morgan fingerprint density at radius 1 is 0.483 bits per heavy atom. The van der Waals surface area contributed by atoms with Crippen molar-refractivity contribution in [3.05, 3.63) is 203 Å². The number of aryl methyl sites for hydroxylation is 2. The van der Waals surface area contributed by atoms with Crippen LogP contribution in [0.2, 0.25) is 0 Å². The summed E-state index contributed by atoms with van der Waals surface area (Å²) in [5, 5.41) is 7.14. The highest BCUT2D eigenvalue weighted by molar-refractivity contribution is 6.11. The topological polar surface area (TPSA) is 71.4 Å². The molecule has 10 aromatic rings. The van der Waals surface area contributed by atoms with Crippen molar-refractivity contribution in [3.63, 3.8) is 0 Å². The predicted octanol–water partition coefficient (Wildman–Crippen LogP) is 12.8. The monoisotopic (exact) mass is 776 g/mol. The number of nitrogens with zero attached hydrogens (tertiary/aromatic N) is 5. The first kappa shape index (κ1) is 36.9. The van der Waals surface area contributed by atoms with Crippen molar-refractivity contribution in [2.75, 3.05) is 7.05 Å². The molecule has 290 valence electrons. The fourth-order valence-corrected chi connectivity index (χ4v) is 9.10. The number of rotatable bonds is 9. The third kappa shape index (κ3) is 6.20. The van der Waals surface area contributed by atoms with Crippen LogP contribution in [0.4, 0.5) is 0 Å². The maximum atomic E-state index is 10.2. The largest absolute Gasteiger partial charge is 0.508 e.